The van der Waals surface area contributed by atoms with Crippen molar-refractivity contribution < 1.29 is 8.42 Å². The monoisotopic (exact) mass is 424 g/mol. The van der Waals surface area contributed by atoms with Gasteiger partial charge in [-0.2, -0.15) is 4.31 Å². The second-order valence-electron chi connectivity index (χ2n) is 7.25. The molecule has 0 bridgehead atoms. The second kappa shape index (κ2) is 8.69. The molecule has 4 rings (SSSR count). The van der Waals surface area contributed by atoms with E-state index in [9.17, 15) is 8.42 Å². The van der Waals surface area contributed by atoms with E-state index in [1.165, 1.54) is 0 Å². The number of aromatic nitrogens is 1. The first-order valence-electron chi connectivity index (χ1n) is 9.82. The lowest BCUT2D eigenvalue weighted by Crippen LogP contribution is -2.38. The van der Waals surface area contributed by atoms with Gasteiger partial charge in [0.25, 0.3) is 0 Å². The van der Waals surface area contributed by atoms with E-state index in [0.717, 1.165) is 40.3 Å². The van der Waals surface area contributed by atoms with E-state index in [-0.39, 0.29) is 6.04 Å². The van der Waals surface area contributed by atoms with Gasteiger partial charge < -0.3 is 0 Å². The molecule has 1 atom stereocenters. The number of hydrogen-bond donors (Lipinski definition) is 0. The standard InChI is InChI=1S/C23H24N2O2S2/c1-18-12-14-20(15-13-18)29(26,27)25-17-6-5-11-22(25)21-10-7-16-24-23(21)28-19-8-3-2-4-9-19/h2-4,7-10,12-16,22H,5-6,11,17H2,1H3. The van der Waals surface area contributed by atoms with Crippen LogP contribution in [0.2, 0.25) is 0 Å². The van der Waals surface area contributed by atoms with Gasteiger partial charge in [0, 0.05) is 23.2 Å². The highest BCUT2D eigenvalue weighted by atomic mass is 32.2. The first-order chi connectivity index (χ1) is 14.1. The van der Waals surface area contributed by atoms with Gasteiger partial charge in [0.05, 0.1) is 10.9 Å². The smallest absolute Gasteiger partial charge is 0.243 e. The van der Waals surface area contributed by atoms with Gasteiger partial charge in [0.2, 0.25) is 10.0 Å². The summed E-state index contributed by atoms with van der Waals surface area (Å²) in [7, 11) is -3.57. The van der Waals surface area contributed by atoms with Crippen LogP contribution in [0.3, 0.4) is 0 Å². The van der Waals surface area contributed by atoms with Crippen molar-refractivity contribution in [2.24, 2.45) is 0 Å². The highest BCUT2D eigenvalue weighted by molar-refractivity contribution is 7.99. The van der Waals surface area contributed by atoms with Crippen LogP contribution in [0.15, 0.2) is 87.7 Å². The molecule has 1 fully saturated rings. The maximum atomic E-state index is 13.5. The molecule has 3 aromatic rings. The number of rotatable bonds is 5. The Labute approximate surface area is 177 Å². The molecule has 0 N–H and O–H groups in total. The van der Waals surface area contributed by atoms with Crippen molar-refractivity contribution in [1.82, 2.24) is 9.29 Å². The van der Waals surface area contributed by atoms with E-state index < -0.39 is 10.0 Å². The summed E-state index contributed by atoms with van der Waals surface area (Å²) < 4.78 is 28.6. The predicted octanol–water partition coefficient (Wildman–Crippen LogP) is 5.46. The van der Waals surface area contributed by atoms with Gasteiger partial charge >= 0.3 is 0 Å². The zero-order chi connectivity index (χ0) is 20.3. The molecule has 2 heterocycles. The molecule has 6 heteroatoms. The minimum Gasteiger partial charge on any atom is -0.249 e. The Morgan fingerprint density at radius 3 is 2.48 bits per heavy atom. The van der Waals surface area contributed by atoms with Crippen LogP contribution in [-0.4, -0.2) is 24.3 Å². The minimum atomic E-state index is -3.57. The summed E-state index contributed by atoms with van der Waals surface area (Å²) in [5.74, 6) is 0. The molecule has 1 aliphatic heterocycles. The Balaban J connectivity index is 1.71. The predicted molar refractivity (Wildman–Crippen MR) is 116 cm³/mol. The molecular formula is C23H24N2O2S2. The SMILES string of the molecule is Cc1ccc(S(=O)(=O)N2CCCCC2c2cccnc2Sc2ccccc2)cc1. The molecule has 1 aliphatic rings. The average Bonchev–Trinajstić information content (AvgIpc) is 2.75. The third-order valence-electron chi connectivity index (χ3n) is 5.20. The van der Waals surface area contributed by atoms with Gasteiger partial charge in [-0.15, -0.1) is 0 Å². The lowest BCUT2D eigenvalue weighted by atomic mass is 9.99. The van der Waals surface area contributed by atoms with E-state index >= 15 is 0 Å². The lowest BCUT2D eigenvalue weighted by Gasteiger charge is -2.35. The van der Waals surface area contributed by atoms with E-state index in [1.807, 2.05) is 61.5 Å². The molecular weight excluding hydrogens is 400 g/mol. The zero-order valence-electron chi connectivity index (χ0n) is 16.4. The maximum absolute atomic E-state index is 13.5. The van der Waals surface area contributed by atoms with E-state index in [1.54, 1.807) is 34.4 Å². The molecule has 29 heavy (non-hydrogen) atoms. The van der Waals surface area contributed by atoms with Crippen molar-refractivity contribution in [1.29, 1.82) is 0 Å². The Hall–Kier alpha value is -2.15. The summed E-state index contributed by atoms with van der Waals surface area (Å²) in [6.45, 7) is 2.49. The summed E-state index contributed by atoms with van der Waals surface area (Å²) in [6.07, 6.45) is 4.47. The first-order valence-corrected chi connectivity index (χ1v) is 12.1. The average molecular weight is 425 g/mol. The van der Waals surface area contributed by atoms with Crippen molar-refractivity contribution in [2.75, 3.05) is 6.54 Å². The Bertz CT molecular complexity index is 1070. The topological polar surface area (TPSA) is 50.3 Å². The third kappa shape index (κ3) is 4.39. The van der Waals surface area contributed by atoms with Gasteiger partial charge in [-0.05, 0) is 50.1 Å². The fourth-order valence-electron chi connectivity index (χ4n) is 3.69. The second-order valence-corrected chi connectivity index (χ2v) is 10.2. The Morgan fingerprint density at radius 2 is 1.72 bits per heavy atom. The summed E-state index contributed by atoms with van der Waals surface area (Å²) in [6, 6.07) is 20.9. The van der Waals surface area contributed by atoms with Gasteiger partial charge in [-0.1, -0.05) is 60.1 Å². The molecule has 0 spiro atoms. The van der Waals surface area contributed by atoms with Crippen LogP contribution in [0.25, 0.3) is 0 Å². The van der Waals surface area contributed by atoms with Crippen LogP contribution in [0.4, 0.5) is 0 Å². The quantitative estimate of drug-likeness (QED) is 0.546. The van der Waals surface area contributed by atoms with Gasteiger partial charge in [0.1, 0.15) is 5.03 Å². The molecule has 1 saturated heterocycles. The number of aryl methyl sites for hydroxylation is 1. The van der Waals surface area contributed by atoms with Crippen LogP contribution in [0.1, 0.15) is 36.4 Å². The molecule has 1 aromatic heterocycles. The first kappa shape index (κ1) is 20.1. The zero-order valence-corrected chi connectivity index (χ0v) is 18.0. The lowest BCUT2D eigenvalue weighted by molar-refractivity contribution is 0.252. The van der Waals surface area contributed by atoms with Gasteiger partial charge in [-0.25, -0.2) is 13.4 Å². The highest BCUT2D eigenvalue weighted by Crippen LogP contribution is 2.40. The molecule has 0 aliphatic carbocycles. The summed E-state index contributed by atoms with van der Waals surface area (Å²) in [5.41, 5.74) is 2.03. The van der Waals surface area contributed by atoms with Crippen molar-refractivity contribution in [3.05, 3.63) is 84.1 Å². The molecule has 1 unspecified atom stereocenters. The van der Waals surface area contributed by atoms with E-state index in [2.05, 4.69) is 4.98 Å². The number of sulfonamides is 1. The fourth-order valence-corrected chi connectivity index (χ4v) is 6.32. The molecule has 0 radical (unpaired) electrons. The van der Waals surface area contributed by atoms with Crippen molar-refractivity contribution in [3.8, 4) is 0 Å². The largest absolute Gasteiger partial charge is 0.249 e. The maximum Gasteiger partial charge on any atom is 0.243 e. The number of piperidine rings is 1. The van der Waals surface area contributed by atoms with Crippen LogP contribution in [0, 0.1) is 6.92 Å². The summed E-state index contributed by atoms with van der Waals surface area (Å²) >= 11 is 1.59. The molecule has 4 nitrogen and oxygen atoms in total. The normalized spacial score (nSPS) is 17.9. The Kier molecular flexibility index (Phi) is 6.04. The van der Waals surface area contributed by atoms with Crippen LogP contribution >= 0.6 is 11.8 Å². The van der Waals surface area contributed by atoms with Gasteiger partial charge in [0.15, 0.2) is 0 Å². The van der Waals surface area contributed by atoms with Gasteiger partial charge in [-0.3, -0.25) is 0 Å². The van der Waals surface area contributed by atoms with E-state index in [4.69, 9.17) is 0 Å². The van der Waals surface area contributed by atoms with Crippen LogP contribution in [0.5, 0.6) is 0 Å². The number of pyridine rings is 1. The number of nitrogens with zero attached hydrogens (tertiary/aromatic N) is 2. The molecule has 0 saturated carbocycles. The Morgan fingerprint density at radius 1 is 0.966 bits per heavy atom. The summed E-state index contributed by atoms with van der Waals surface area (Å²) in [4.78, 5) is 6.04. The van der Waals surface area contributed by atoms with E-state index in [0.29, 0.717) is 11.4 Å². The van der Waals surface area contributed by atoms with Crippen molar-refractivity contribution >= 4 is 21.8 Å². The molecule has 2 aromatic carbocycles. The summed E-state index contributed by atoms with van der Waals surface area (Å²) in [5, 5.41) is 0.870. The fraction of sp³-hybridized carbons (Fsp3) is 0.261. The van der Waals surface area contributed by atoms with Crippen LogP contribution < -0.4 is 0 Å². The number of hydrogen-bond acceptors (Lipinski definition) is 4. The van der Waals surface area contributed by atoms with Crippen molar-refractivity contribution in [3.63, 3.8) is 0 Å². The van der Waals surface area contributed by atoms with Crippen molar-refractivity contribution in [2.45, 2.75) is 47.0 Å². The third-order valence-corrected chi connectivity index (χ3v) is 8.16. The number of benzene rings is 2. The highest BCUT2D eigenvalue weighted by Gasteiger charge is 2.35. The minimum absolute atomic E-state index is 0.199. The van der Waals surface area contributed by atoms with Crippen LogP contribution in [-0.2, 0) is 10.0 Å². The molecule has 150 valence electrons. The molecule has 0 amide bonds.